The van der Waals surface area contributed by atoms with Crippen molar-refractivity contribution in [1.29, 1.82) is 0 Å². The van der Waals surface area contributed by atoms with Crippen molar-refractivity contribution in [3.63, 3.8) is 0 Å². The maximum atomic E-state index is 14.5. The number of likely N-dealkylation sites (tertiary alicyclic amines) is 2. The number of aryl methyl sites for hydroxylation is 1. The van der Waals surface area contributed by atoms with Crippen LogP contribution in [0.4, 0.5) is 8.78 Å². The second-order valence-electron chi connectivity index (χ2n) is 10.9. The Balaban J connectivity index is 1.13. The molecular weight excluding hydrogens is 532 g/mol. The minimum atomic E-state index is -2.88. The number of nitrogens with zero attached hydrogens (tertiary/aromatic N) is 5. The summed E-state index contributed by atoms with van der Waals surface area (Å²) in [5.74, 6) is -2.82. The molecule has 3 saturated heterocycles. The topological polar surface area (TPSA) is 63.5 Å². The van der Waals surface area contributed by atoms with Crippen LogP contribution in [0.25, 0.3) is 5.82 Å². The zero-order chi connectivity index (χ0) is 26.5. The Kier molecular flexibility index (Phi) is 7.03. The third-order valence-corrected chi connectivity index (χ3v) is 10.1. The molecule has 1 amide bonds. The van der Waals surface area contributed by atoms with E-state index in [0.29, 0.717) is 36.7 Å². The molecule has 0 N–H and O–H groups in total. The molecule has 1 spiro atoms. The van der Waals surface area contributed by atoms with Crippen molar-refractivity contribution in [2.24, 2.45) is 5.92 Å². The van der Waals surface area contributed by atoms with Crippen LogP contribution in [-0.2, 0) is 22.6 Å². The summed E-state index contributed by atoms with van der Waals surface area (Å²) in [6, 6.07) is 3.90. The number of rotatable bonds is 5. The second-order valence-corrected chi connectivity index (χ2v) is 12.7. The first-order valence-corrected chi connectivity index (χ1v) is 14.6. The fourth-order valence-corrected chi connectivity index (χ4v) is 8.01. The molecule has 2 unspecified atom stereocenters. The van der Waals surface area contributed by atoms with Crippen LogP contribution in [0.3, 0.4) is 0 Å². The molecule has 0 radical (unpaired) electrons. The van der Waals surface area contributed by atoms with Gasteiger partial charge in [0.2, 0.25) is 5.91 Å². The van der Waals surface area contributed by atoms with Gasteiger partial charge in [0.25, 0.3) is 5.92 Å². The first-order valence-electron chi connectivity index (χ1n) is 13.3. The molecule has 0 aromatic carbocycles. The van der Waals surface area contributed by atoms with Gasteiger partial charge < -0.3 is 9.64 Å². The molecule has 0 saturated carbocycles. The number of fused-ring (bicyclic) bond motifs is 2. The predicted octanol–water partition coefficient (Wildman–Crippen LogP) is 4.90. The summed E-state index contributed by atoms with van der Waals surface area (Å²) in [4.78, 5) is 21.2. The third-order valence-electron chi connectivity index (χ3n) is 8.40. The van der Waals surface area contributed by atoms with Crippen molar-refractivity contribution in [3.05, 3.63) is 51.8 Å². The average Bonchev–Trinajstić information content (AvgIpc) is 3.49. The van der Waals surface area contributed by atoms with Gasteiger partial charge in [-0.15, -0.1) is 11.8 Å². The van der Waals surface area contributed by atoms with E-state index in [1.165, 1.54) is 17.8 Å². The summed E-state index contributed by atoms with van der Waals surface area (Å²) in [6.45, 7) is 4.97. The number of ether oxygens (including phenoxy) is 1. The number of aromatic nitrogens is 3. The number of piperidine rings is 2. The van der Waals surface area contributed by atoms with Crippen LogP contribution in [0.1, 0.15) is 48.9 Å². The first kappa shape index (κ1) is 26.2. The minimum absolute atomic E-state index is 0.192. The van der Waals surface area contributed by atoms with Gasteiger partial charge in [-0.1, -0.05) is 17.7 Å². The van der Waals surface area contributed by atoms with Crippen LogP contribution in [0.5, 0.6) is 0 Å². The number of halogens is 3. The van der Waals surface area contributed by atoms with Gasteiger partial charge in [0.1, 0.15) is 6.61 Å². The summed E-state index contributed by atoms with van der Waals surface area (Å²) >= 11 is 7.52. The molecule has 0 bridgehead atoms. The standard InChI is InChI=1S/C27H32ClF2N5O2S/c1-18-20(16-35(32-18)25-19(5-4-9-31-25)15-34-10-3-2-6-23(34)36)14-33-11-7-26(8-12-33)24-21(13-22(28)38-24)27(29,30)17-37-26/h4-5,9,13,16,21,24H,2-3,6-8,10-12,14-15,17H2,1H3. The molecule has 7 nitrogen and oxygen atoms in total. The molecule has 6 rings (SSSR count). The monoisotopic (exact) mass is 563 g/mol. The lowest BCUT2D eigenvalue weighted by Crippen LogP contribution is -2.61. The number of carbonyl (C=O) groups is 1. The van der Waals surface area contributed by atoms with E-state index in [-0.39, 0.29) is 11.2 Å². The van der Waals surface area contributed by atoms with E-state index in [0.717, 1.165) is 55.1 Å². The number of alkyl halides is 2. The van der Waals surface area contributed by atoms with E-state index in [9.17, 15) is 13.6 Å². The Morgan fingerprint density at radius 1 is 1.18 bits per heavy atom. The Hall–Kier alpha value is -2.01. The van der Waals surface area contributed by atoms with Crippen molar-refractivity contribution in [3.8, 4) is 5.82 Å². The van der Waals surface area contributed by atoms with Crippen molar-refractivity contribution >= 4 is 29.3 Å². The van der Waals surface area contributed by atoms with Gasteiger partial charge in [-0.25, -0.2) is 18.4 Å². The van der Waals surface area contributed by atoms with E-state index < -0.39 is 24.0 Å². The highest BCUT2D eigenvalue weighted by Gasteiger charge is 2.60. The highest BCUT2D eigenvalue weighted by molar-refractivity contribution is 8.05. The molecule has 2 aromatic rings. The van der Waals surface area contributed by atoms with Crippen molar-refractivity contribution in [1.82, 2.24) is 24.6 Å². The summed E-state index contributed by atoms with van der Waals surface area (Å²) in [5.41, 5.74) is 2.42. The molecule has 2 atom stereocenters. The normalized spacial score (nSPS) is 27.0. The minimum Gasteiger partial charge on any atom is -0.367 e. The van der Waals surface area contributed by atoms with Gasteiger partial charge in [0, 0.05) is 62.7 Å². The maximum Gasteiger partial charge on any atom is 0.278 e. The molecule has 0 aliphatic carbocycles. The van der Waals surface area contributed by atoms with Crippen LogP contribution in [0, 0.1) is 12.8 Å². The number of hydrogen-bond donors (Lipinski definition) is 0. The Morgan fingerprint density at radius 3 is 2.79 bits per heavy atom. The molecule has 2 aromatic heterocycles. The van der Waals surface area contributed by atoms with Crippen molar-refractivity contribution < 1.29 is 18.3 Å². The van der Waals surface area contributed by atoms with Gasteiger partial charge in [0.05, 0.1) is 26.8 Å². The zero-order valence-electron chi connectivity index (χ0n) is 21.4. The molecule has 11 heteroatoms. The molecule has 204 valence electrons. The molecule has 6 heterocycles. The van der Waals surface area contributed by atoms with Gasteiger partial charge in [0.15, 0.2) is 5.82 Å². The number of pyridine rings is 1. The number of amides is 1. The van der Waals surface area contributed by atoms with Gasteiger partial charge in [-0.05, 0) is 44.7 Å². The Morgan fingerprint density at radius 2 is 2.00 bits per heavy atom. The van der Waals surface area contributed by atoms with Crippen LogP contribution in [0.15, 0.2) is 35.0 Å². The largest absolute Gasteiger partial charge is 0.367 e. The lowest BCUT2D eigenvalue weighted by Gasteiger charge is -2.51. The van der Waals surface area contributed by atoms with E-state index in [1.54, 1.807) is 6.20 Å². The molecule has 38 heavy (non-hydrogen) atoms. The second kappa shape index (κ2) is 10.2. The van der Waals surface area contributed by atoms with Crippen LogP contribution in [0.2, 0.25) is 0 Å². The number of allylic oxidation sites excluding steroid dienone is 1. The summed E-state index contributed by atoms with van der Waals surface area (Å²) in [7, 11) is 0. The lowest BCUT2D eigenvalue weighted by atomic mass is 9.77. The third kappa shape index (κ3) is 4.89. The van der Waals surface area contributed by atoms with Crippen molar-refractivity contribution in [2.75, 3.05) is 26.2 Å². The fourth-order valence-electron chi connectivity index (χ4n) is 6.17. The SMILES string of the molecule is Cc1nn(-c2ncccc2CN2CCCCC2=O)cc1CN1CCC2(CC1)OCC(F)(F)C1C=C(Cl)SC12. The van der Waals surface area contributed by atoms with Gasteiger partial charge in [-0.2, -0.15) is 5.10 Å². The van der Waals surface area contributed by atoms with Crippen molar-refractivity contribution in [2.45, 2.75) is 68.9 Å². The van der Waals surface area contributed by atoms with E-state index in [1.807, 2.05) is 34.8 Å². The Labute approximate surface area is 230 Å². The molecular formula is C27H32ClF2N5O2S. The summed E-state index contributed by atoms with van der Waals surface area (Å²) in [6.07, 6.45) is 9.27. The quantitative estimate of drug-likeness (QED) is 0.516. The number of hydrogen-bond acceptors (Lipinski definition) is 6. The van der Waals surface area contributed by atoms with E-state index in [2.05, 4.69) is 9.88 Å². The maximum absolute atomic E-state index is 14.5. The number of carbonyl (C=O) groups excluding carboxylic acids is 1. The van der Waals surface area contributed by atoms with E-state index >= 15 is 0 Å². The number of thioether (sulfide) groups is 1. The highest BCUT2D eigenvalue weighted by Crippen LogP contribution is 2.56. The summed E-state index contributed by atoms with van der Waals surface area (Å²) < 4.78 is 37.2. The Bertz CT molecular complexity index is 1250. The predicted molar refractivity (Wildman–Crippen MR) is 142 cm³/mol. The molecule has 3 fully saturated rings. The molecule has 4 aliphatic heterocycles. The van der Waals surface area contributed by atoms with Gasteiger partial charge >= 0.3 is 0 Å². The summed E-state index contributed by atoms with van der Waals surface area (Å²) in [5, 5.41) is 4.41. The van der Waals surface area contributed by atoms with Crippen LogP contribution in [-0.4, -0.2) is 73.5 Å². The highest BCUT2D eigenvalue weighted by atomic mass is 35.5. The zero-order valence-corrected chi connectivity index (χ0v) is 23.0. The van der Waals surface area contributed by atoms with Crippen LogP contribution < -0.4 is 0 Å². The smallest absolute Gasteiger partial charge is 0.278 e. The first-order chi connectivity index (χ1) is 18.2. The molecule has 4 aliphatic rings. The average molecular weight is 564 g/mol. The van der Waals surface area contributed by atoms with Gasteiger partial charge in [-0.3, -0.25) is 9.69 Å². The van der Waals surface area contributed by atoms with E-state index in [4.69, 9.17) is 21.4 Å². The fraction of sp³-hybridized carbons (Fsp3) is 0.593. The lowest BCUT2D eigenvalue weighted by molar-refractivity contribution is -0.215. The van der Waals surface area contributed by atoms with Crippen LogP contribution >= 0.6 is 23.4 Å².